The Kier molecular flexibility index (Phi) is 7.41. The van der Waals surface area contributed by atoms with Crippen LogP contribution in [0.25, 0.3) is 22.0 Å². The first kappa shape index (κ1) is 28.1. The Morgan fingerprint density at radius 2 is 1.98 bits per heavy atom. The molecule has 12 heteroatoms. The van der Waals surface area contributed by atoms with Gasteiger partial charge in [0.05, 0.1) is 10.7 Å². The number of halogens is 2. The molecule has 2 aromatic heterocycles. The first-order chi connectivity index (χ1) is 19.4. The zero-order valence-electron chi connectivity index (χ0n) is 22.5. The lowest BCUT2D eigenvalue weighted by Crippen LogP contribution is -2.31. The van der Waals surface area contributed by atoms with E-state index in [0.29, 0.717) is 46.4 Å². The number of esters is 1. The molecule has 3 heterocycles. The zero-order chi connectivity index (χ0) is 29.5. The third kappa shape index (κ3) is 5.72. The number of pyridine rings is 1. The van der Waals surface area contributed by atoms with Crippen molar-refractivity contribution >= 4 is 52.1 Å². The van der Waals surface area contributed by atoms with Crippen LogP contribution in [0.3, 0.4) is 0 Å². The van der Waals surface area contributed by atoms with E-state index < -0.39 is 29.0 Å². The summed E-state index contributed by atoms with van der Waals surface area (Å²) in [4.78, 5) is 46.1. The number of nitrogens with zero attached hydrogens (tertiary/aromatic N) is 2. The zero-order valence-corrected chi connectivity index (χ0v) is 23.3. The predicted octanol–water partition coefficient (Wildman–Crippen LogP) is 4.99. The van der Waals surface area contributed by atoms with E-state index in [9.17, 15) is 14.4 Å². The van der Waals surface area contributed by atoms with Gasteiger partial charge in [-0.2, -0.15) is 0 Å². The molecule has 1 amide bonds. The Balaban J connectivity index is 1.40. The second-order valence-electron chi connectivity index (χ2n) is 10.7. The van der Waals surface area contributed by atoms with Crippen LogP contribution >= 0.6 is 11.6 Å². The number of H-pyrrole nitrogens is 1. The van der Waals surface area contributed by atoms with Crippen LogP contribution in [0.5, 0.6) is 0 Å². The van der Waals surface area contributed by atoms with Gasteiger partial charge in [-0.15, -0.1) is 0 Å². The fourth-order valence-electron chi connectivity index (χ4n) is 4.90. The summed E-state index contributed by atoms with van der Waals surface area (Å²) in [6.45, 7) is 5.37. The molecule has 1 aliphatic heterocycles. The predicted molar refractivity (Wildman–Crippen MR) is 156 cm³/mol. The lowest BCUT2D eigenvalue weighted by molar-refractivity contribution is -0.119. The molecule has 1 atom stereocenters. The lowest BCUT2D eigenvalue weighted by atomic mass is 10.0. The van der Waals surface area contributed by atoms with E-state index in [1.165, 1.54) is 29.1 Å². The van der Waals surface area contributed by atoms with Crippen molar-refractivity contribution in [2.45, 2.75) is 45.3 Å². The highest BCUT2D eigenvalue weighted by Crippen LogP contribution is 2.37. The smallest absolute Gasteiger partial charge is 0.355 e. The number of aryl methyl sites for hydroxylation is 1. The van der Waals surface area contributed by atoms with Gasteiger partial charge in [0.1, 0.15) is 23.7 Å². The summed E-state index contributed by atoms with van der Waals surface area (Å²) in [6, 6.07) is 11.9. The van der Waals surface area contributed by atoms with E-state index in [0.717, 1.165) is 0 Å². The Hall–Kier alpha value is -4.48. The van der Waals surface area contributed by atoms with E-state index in [4.69, 9.17) is 22.2 Å². The van der Waals surface area contributed by atoms with Gasteiger partial charge in [0.2, 0.25) is 5.91 Å². The van der Waals surface area contributed by atoms with E-state index in [1.54, 1.807) is 51.1 Å². The van der Waals surface area contributed by atoms with Gasteiger partial charge in [0.25, 0.3) is 5.56 Å². The van der Waals surface area contributed by atoms with Gasteiger partial charge in [-0.05, 0) is 81.6 Å². The average Bonchev–Trinajstić information content (AvgIpc) is 3.53. The molecular formula is C29H28ClFN6O4. The van der Waals surface area contributed by atoms with E-state index >= 15 is 4.39 Å². The number of fused-ring (bicyclic) bond motifs is 2. The van der Waals surface area contributed by atoms with E-state index in [1.807, 2.05) is 0 Å². The summed E-state index contributed by atoms with van der Waals surface area (Å²) < 4.78 is 21.9. The molecule has 0 unspecified atom stereocenters. The standard InChI is InChI=1S/C29H28ClFN6O4/c1-29(2,3)41-28(40)22-12-15-10-17(4-7-20(15)36-22)35-27(39)23-9-5-18-11-16(13-24(38)37(18)23)25-21(33-14-34-32)8-6-19(30)26(25)31/h4,6-8,10-14,23,36H,5,9,32H2,1-3H3,(H,33,34)(H,35,39)/t23-/m0/s1. The number of nitrogens with two attached hydrogens (primary N) is 1. The first-order valence-corrected chi connectivity index (χ1v) is 13.2. The molecule has 5 rings (SSSR count). The second-order valence-corrected chi connectivity index (χ2v) is 11.1. The molecule has 0 saturated heterocycles. The van der Waals surface area contributed by atoms with Crippen LogP contribution in [0.2, 0.25) is 5.02 Å². The molecule has 212 valence electrons. The minimum atomic E-state index is -0.756. The summed E-state index contributed by atoms with van der Waals surface area (Å²) in [6.07, 6.45) is 2.01. The summed E-state index contributed by atoms with van der Waals surface area (Å²) in [5.41, 5.74) is 3.86. The Labute approximate surface area is 239 Å². The average molecular weight is 579 g/mol. The summed E-state index contributed by atoms with van der Waals surface area (Å²) in [5, 5.41) is 3.47. The van der Waals surface area contributed by atoms with Gasteiger partial charge in [-0.25, -0.2) is 20.0 Å². The Morgan fingerprint density at radius 1 is 1.20 bits per heavy atom. The van der Waals surface area contributed by atoms with Crippen molar-refractivity contribution in [1.29, 1.82) is 0 Å². The van der Waals surface area contributed by atoms with Crippen molar-refractivity contribution in [2.75, 3.05) is 5.32 Å². The van der Waals surface area contributed by atoms with Crippen molar-refractivity contribution < 1.29 is 18.7 Å². The molecular weight excluding hydrogens is 551 g/mol. The van der Waals surface area contributed by atoms with Crippen LogP contribution in [0.15, 0.2) is 58.3 Å². The lowest BCUT2D eigenvalue weighted by Gasteiger charge is -2.18. The summed E-state index contributed by atoms with van der Waals surface area (Å²) in [5.74, 6) is 3.70. The quantitative estimate of drug-likeness (QED) is 0.0834. The Bertz CT molecular complexity index is 1770. The van der Waals surface area contributed by atoms with Crippen LogP contribution in [0.4, 0.5) is 15.8 Å². The number of hydrogen-bond acceptors (Lipinski definition) is 6. The molecule has 0 radical (unpaired) electrons. The van der Waals surface area contributed by atoms with Gasteiger partial charge in [-0.3, -0.25) is 9.59 Å². The minimum absolute atomic E-state index is 0.0583. The van der Waals surface area contributed by atoms with Crippen LogP contribution < -0.4 is 22.1 Å². The molecule has 1 aliphatic rings. The number of hydrogen-bond donors (Lipinski definition) is 4. The number of rotatable bonds is 6. The number of ether oxygens (including phenoxy) is 1. The fraction of sp³-hybridized carbons (Fsp3) is 0.241. The highest BCUT2D eigenvalue weighted by Gasteiger charge is 2.30. The molecule has 5 N–H and O–H groups in total. The van der Waals surface area contributed by atoms with Crippen LogP contribution in [0.1, 0.15) is 49.4 Å². The maximum absolute atomic E-state index is 15.1. The molecule has 4 aromatic rings. The molecule has 0 fully saturated rings. The molecule has 0 bridgehead atoms. The van der Waals surface area contributed by atoms with Crippen LogP contribution in [-0.2, 0) is 16.0 Å². The summed E-state index contributed by atoms with van der Waals surface area (Å²) >= 11 is 6.02. The van der Waals surface area contributed by atoms with E-state index in [-0.39, 0.29) is 22.2 Å². The number of nitrogens with one attached hydrogen (secondary N) is 3. The highest BCUT2D eigenvalue weighted by molar-refractivity contribution is 6.31. The van der Waals surface area contributed by atoms with Gasteiger partial charge < -0.3 is 25.0 Å². The van der Waals surface area contributed by atoms with Crippen molar-refractivity contribution in [2.24, 2.45) is 10.8 Å². The van der Waals surface area contributed by atoms with Gasteiger partial charge in [-0.1, -0.05) is 11.6 Å². The third-order valence-electron chi connectivity index (χ3n) is 6.58. The summed E-state index contributed by atoms with van der Waals surface area (Å²) in [7, 11) is 0. The van der Waals surface area contributed by atoms with Crippen molar-refractivity contribution in [3.8, 4) is 11.1 Å². The van der Waals surface area contributed by atoms with Crippen molar-refractivity contribution in [3.63, 3.8) is 0 Å². The monoisotopic (exact) mass is 578 g/mol. The molecule has 0 spiro atoms. The number of aromatic nitrogens is 2. The molecule has 0 saturated carbocycles. The number of carbonyl (C=O) groups is 2. The van der Waals surface area contributed by atoms with Gasteiger partial charge in [0.15, 0.2) is 5.82 Å². The van der Waals surface area contributed by atoms with Gasteiger partial charge in [0, 0.05) is 33.9 Å². The second kappa shape index (κ2) is 10.8. The topological polar surface area (TPSA) is 144 Å². The van der Waals surface area contributed by atoms with Crippen LogP contribution in [-0.4, -0.2) is 33.4 Å². The van der Waals surface area contributed by atoms with E-state index in [2.05, 4.69) is 20.7 Å². The number of amides is 1. The maximum Gasteiger partial charge on any atom is 0.355 e. The first-order valence-electron chi connectivity index (χ1n) is 12.8. The van der Waals surface area contributed by atoms with Crippen molar-refractivity contribution in [3.05, 3.63) is 81.1 Å². The fourth-order valence-corrected chi connectivity index (χ4v) is 5.05. The molecule has 41 heavy (non-hydrogen) atoms. The number of benzene rings is 2. The number of carbonyl (C=O) groups excluding carboxylic acids is 2. The SMILES string of the molecule is CC(C)(C)OC(=O)c1cc2cc(NC(=O)[C@@H]3CCc4cc(-c5c(N=CNN)ccc(Cl)c5F)cc(=O)n43)ccc2[nH]1. The molecule has 10 nitrogen and oxygen atoms in total. The normalized spacial score (nSPS) is 14.8. The number of anilines is 1. The largest absolute Gasteiger partial charge is 0.455 e. The van der Waals surface area contributed by atoms with Gasteiger partial charge >= 0.3 is 5.97 Å². The third-order valence-corrected chi connectivity index (χ3v) is 6.87. The molecule has 0 aliphatic carbocycles. The highest BCUT2D eigenvalue weighted by atomic mass is 35.5. The number of hydrazine groups is 1. The number of aromatic amines is 1. The number of aliphatic imine (C=N–C) groups is 1. The minimum Gasteiger partial charge on any atom is -0.455 e. The van der Waals surface area contributed by atoms with Crippen molar-refractivity contribution in [1.82, 2.24) is 15.0 Å². The molecule has 2 aromatic carbocycles. The Morgan fingerprint density at radius 3 is 2.71 bits per heavy atom. The maximum atomic E-state index is 15.1. The van der Waals surface area contributed by atoms with Crippen LogP contribution in [0, 0.1) is 5.82 Å².